The highest BCUT2D eigenvalue weighted by molar-refractivity contribution is 7.85. The van der Waals surface area contributed by atoms with Crippen LogP contribution in [0.15, 0.2) is 6.07 Å². The van der Waals surface area contributed by atoms with Crippen molar-refractivity contribution in [1.82, 2.24) is 9.97 Å². The van der Waals surface area contributed by atoms with Crippen molar-refractivity contribution in [1.29, 1.82) is 0 Å². The normalized spacial score (nSPS) is 17.6. The van der Waals surface area contributed by atoms with Gasteiger partial charge in [-0.2, -0.15) is 0 Å². The molecule has 1 fully saturated rings. The van der Waals surface area contributed by atoms with Crippen molar-refractivity contribution in [3.05, 3.63) is 11.9 Å². The second-order valence-corrected chi connectivity index (χ2v) is 7.47. The number of hydrogen-bond donors (Lipinski definition) is 1. The molecule has 1 aliphatic heterocycles. The van der Waals surface area contributed by atoms with Crippen molar-refractivity contribution >= 4 is 22.4 Å². The number of nitrogens with zero attached hydrogens (tertiary/aromatic N) is 3. The summed E-state index contributed by atoms with van der Waals surface area (Å²) in [6.45, 7) is 7.93. The Hall–Kier alpha value is -1.17. The van der Waals surface area contributed by atoms with E-state index < -0.39 is 10.8 Å². The molecule has 0 spiro atoms. The van der Waals surface area contributed by atoms with Gasteiger partial charge in [0.1, 0.15) is 17.5 Å². The summed E-state index contributed by atoms with van der Waals surface area (Å²) < 4.78 is 11.4. The van der Waals surface area contributed by atoms with Crippen LogP contribution in [0.3, 0.4) is 0 Å². The Morgan fingerprint density at radius 2 is 1.89 bits per heavy atom. The maximum atomic E-state index is 11.4. The average molecular weight is 282 g/mol. The molecular weight excluding hydrogens is 260 g/mol. The largest absolute Gasteiger partial charge is 0.373 e. The zero-order chi connectivity index (χ0) is 14.0. The molecule has 2 rings (SSSR count). The van der Waals surface area contributed by atoms with Crippen LogP contribution in [0.1, 0.15) is 26.6 Å². The summed E-state index contributed by atoms with van der Waals surface area (Å²) in [6, 6.07) is 1.96. The van der Waals surface area contributed by atoms with Crippen LogP contribution in [0.5, 0.6) is 0 Å². The Kier molecular flexibility index (Phi) is 4.08. The molecular formula is C13H22N4OS. The molecule has 5 nitrogen and oxygen atoms in total. The fourth-order valence-electron chi connectivity index (χ4n) is 1.93. The molecule has 1 aliphatic rings. The summed E-state index contributed by atoms with van der Waals surface area (Å²) in [5.74, 6) is 4.05. The van der Waals surface area contributed by atoms with E-state index in [1.807, 2.05) is 13.1 Å². The maximum absolute atomic E-state index is 11.4. The van der Waals surface area contributed by atoms with Gasteiger partial charge in [-0.3, -0.25) is 4.21 Å². The predicted molar refractivity (Wildman–Crippen MR) is 80.4 cm³/mol. The Bertz CT molecular complexity index is 474. The van der Waals surface area contributed by atoms with Crippen LogP contribution in [0, 0.1) is 0 Å². The zero-order valence-electron chi connectivity index (χ0n) is 12.1. The van der Waals surface area contributed by atoms with E-state index in [-0.39, 0.29) is 5.41 Å². The fraction of sp³-hybridized carbons (Fsp3) is 0.692. The van der Waals surface area contributed by atoms with Crippen molar-refractivity contribution in [3.63, 3.8) is 0 Å². The molecule has 0 amide bonds. The van der Waals surface area contributed by atoms with E-state index in [1.54, 1.807) is 0 Å². The molecule has 106 valence electrons. The zero-order valence-corrected chi connectivity index (χ0v) is 12.9. The number of rotatable bonds is 2. The van der Waals surface area contributed by atoms with Gasteiger partial charge in [-0.05, 0) is 0 Å². The molecule has 2 heterocycles. The van der Waals surface area contributed by atoms with Crippen molar-refractivity contribution in [2.24, 2.45) is 0 Å². The average Bonchev–Trinajstić information content (AvgIpc) is 2.38. The van der Waals surface area contributed by atoms with Crippen LogP contribution in [0.2, 0.25) is 0 Å². The van der Waals surface area contributed by atoms with Gasteiger partial charge in [-0.25, -0.2) is 9.97 Å². The first-order valence-corrected chi connectivity index (χ1v) is 8.06. The van der Waals surface area contributed by atoms with Gasteiger partial charge in [0, 0.05) is 53.9 Å². The number of hydrogen-bond acceptors (Lipinski definition) is 5. The van der Waals surface area contributed by atoms with E-state index in [4.69, 9.17) is 0 Å². The highest BCUT2D eigenvalue weighted by atomic mass is 32.2. The minimum Gasteiger partial charge on any atom is -0.373 e. The molecule has 0 unspecified atom stereocenters. The van der Waals surface area contributed by atoms with Gasteiger partial charge in [0.25, 0.3) is 0 Å². The van der Waals surface area contributed by atoms with E-state index >= 15 is 0 Å². The quantitative estimate of drug-likeness (QED) is 0.888. The van der Waals surface area contributed by atoms with E-state index in [0.29, 0.717) is 0 Å². The summed E-state index contributed by atoms with van der Waals surface area (Å²) in [7, 11) is 1.20. The molecule has 1 aromatic rings. The van der Waals surface area contributed by atoms with Gasteiger partial charge < -0.3 is 10.2 Å². The lowest BCUT2D eigenvalue weighted by Gasteiger charge is -2.29. The number of anilines is 2. The third kappa shape index (κ3) is 3.43. The van der Waals surface area contributed by atoms with Gasteiger partial charge in [-0.1, -0.05) is 20.8 Å². The van der Waals surface area contributed by atoms with Crippen molar-refractivity contribution in [2.45, 2.75) is 26.2 Å². The summed E-state index contributed by atoms with van der Waals surface area (Å²) in [4.78, 5) is 11.4. The van der Waals surface area contributed by atoms with Gasteiger partial charge in [-0.15, -0.1) is 0 Å². The Morgan fingerprint density at radius 3 is 2.42 bits per heavy atom. The lowest BCUT2D eigenvalue weighted by atomic mass is 9.96. The lowest BCUT2D eigenvalue weighted by Crippen LogP contribution is -2.38. The molecule has 0 aliphatic carbocycles. The van der Waals surface area contributed by atoms with Gasteiger partial charge in [0.2, 0.25) is 0 Å². The summed E-state index contributed by atoms with van der Waals surface area (Å²) in [6.07, 6.45) is 0. The molecule has 0 radical (unpaired) electrons. The second kappa shape index (κ2) is 5.45. The Balaban J connectivity index is 2.32. The summed E-state index contributed by atoms with van der Waals surface area (Å²) >= 11 is 0. The first-order chi connectivity index (χ1) is 8.90. The van der Waals surface area contributed by atoms with Gasteiger partial charge >= 0.3 is 0 Å². The molecule has 0 bridgehead atoms. The van der Waals surface area contributed by atoms with Gasteiger partial charge in [0.15, 0.2) is 0 Å². The minimum absolute atomic E-state index is 0.0831. The summed E-state index contributed by atoms with van der Waals surface area (Å²) in [5, 5.41) is 3.09. The molecule has 1 saturated heterocycles. The van der Waals surface area contributed by atoms with Crippen molar-refractivity contribution < 1.29 is 4.21 Å². The molecule has 6 heteroatoms. The van der Waals surface area contributed by atoms with Crippen LogP contribution >= 0.6 is 0 Å². The van der Waals surface area contributed by atoms with Crippen molar-refractivity contribution in [3.8, 4) is 0 Å². The number of aromatic nitrogens is 2. The Labute approximate surface area is 117 Å². The molecule has 19 heavy (non-hydrogen) atoms. The summed E-state index contributed by atoms with van der Waals surface area (Å²) in [5.41, 5.74) is -0.0831. The van der Waals surface area contributed by atoms with E-state index in [0.717, 1.165) is 42.1 Å². The number of nitrogens with one attached hydrogen (secondary N) is 1. The molecule has 0 saturated carbocycles. The van der Waals surface area contributed by atoms with Crippen molar-refractivity contribution in [2.75, 3.05) is 41.9 Å². The third-order valence-electron chi connectivity index (χ3n) is 3.14. The van der Waals surface area contributed by atoms with Crippen LogP contribution in [-0.2, 0) is 16.2 Å². The molecule has 1 N–H and O–H groups in total. The minimum atomic E-state index is -0.665. The van der Waals surface area contributed by atoms with E-state index in [9.17, 15) is 4.21 Å². The molecule has 0 aromatic carbocycles. The van der Waals surface area contributed by atoms with Crippen LogP contribution in [0.4, 0.5) is 11.6 Å². The second-order valence-electron chi connectivity index (χ2n) is 5.77. The SMILES string of the molecule is CNc1cc(N2CCS(=O)CC2)nc(C(C)(C)C)n1. The topological polar surface area (TPSA) is 58.1 Å². The first kappa shape index (κ1) is 14.2. The fourth-order valence-corrected chi connectivity index (χ4v) is 2.98. The molecule has 0 atom stereocenters. The highest BCUT2D eigenvalue weighted by Crippen LogP contribution is 2.24. The maximum Gasteiger partial charge on any atom is 0.138 e. The van der Waals surface area contributed by atoms with Crippen LogP contribution in [-0.4, -0.2) is 45.8 Å². The standard InChI is InChI=1S/C13H22N4OS/c1-13(2,3)12-15-10(14-4)9-11(16-12)17-5-7-19(18)8-6-17/h9H,5-8H2,1-4H3,(H,14,15,16). The first-order valence-electron chi connectivity index (χ1n) is 6.57. The molecule has 1 aromatic heterocycles. The predicted octanol–water partition coefficient (Wildman–Crippen LogP) is 1.38. The smallest absolute Gasteiger partial charge is 0.138 e. The third-order valence-corrected chi connectivity index (χ3v) is 4.42. The van der Waals surface area contributed by atoms with Crippen LogP contribution in [0.25, 0.3) is 0 Å². The highest BCUT2D eigenvalue weighted by Gasteiger charge is 2.22. The van der Waals surface area contributed by atoms with E-state index in [2.05, 4.69) is 41.0 Å². The van der Waals surface area contributed by atoms with Crippen LogP contribution < -0.4 is 10.2 Å². The Morgan fingerprint density at radius 1 is 1.26 bits per heavy atom. The van der Waals surface area contributed by atoms with E-state index in [1.165, 1.54) is 0 Å². The lowest BCUT2D eigenvalue weighted by molar-refractivity contribution is 0.545. The van der Waals surface area contributed by atoms with Gasteiger partial charge in [0.05, 0.1) is 0 Å². The monoisotopic (exact) mass is 282 g/mol.